The largest absolute Gasteiger partial charge is 0.384 e. The van der Waals surface area contributed by atoms with E-state index in [2.05, 4.69) is 13.0 Å². The lowest BCUT2D eigenvalue weighted by molar-refractivity contribution is -0.384. The Labute approximate surface area is 200 Å². The molecule has 2 heterocycles. The molecule has 2 N–H and O–H groups in total. The van der Waals surface area contributed by atoms with Crippen molar-refractivity contribution < 1.29 is 9.72 Å². The second-order valence-electron chi connectivity index (χ2n) is 8.85. The molecule has 0 bridgehead atoms. The Bertz CT molecular complexity index is 1240. The Hall–Kier alpha value is -3.09. The van der Waals surface area contributed by atoms with Gasteiger partial charge in [0.2, 0.25) is 0 Å². The summed E-state index contributed by atoms with van der Waals surface area (Å²) in [7, 11) is 0. The van der Waals surface area contributed by atoms with E-state index in [1.807, 2.05) is 25.3 Å². The highest BCUT2D eigenvalue weighted by Crippen LogP contribution is 2.52. The fourth-order valence-corrected chi connectivity index (χ4v) is 6.67. The standard InChI is InChI=1S/C24H24N4O3S2/c1-4-32-23-16(9-10-33-23)20-17(13-25)22(26)27(14-5-7-15(8-6-14)28(30)31)18-11-24(2,3)12-19(29)21(18)20/h5-10,20H,4,11-12,26H2,1-3H3/t20-/m0/s1. The lowest BCUT2D eigenvalue weighted by Gasteiger charge is -2.43. The van der Waals surface area contributed by atoms with Crippen LogP contribution in [0, 0.1) is 26.9 Å². The third-order valence-electron chi connectivity index (χ3n) is 5.94. The molecule has 2 aromatic rings. The molecule has 0 amide bonds. The second-order valence-corrected chi connectivity index (χ2v) is 11.3. The average molecular weight is 481 g/mol. The van der Waals surface area contributed by atoms with Gasteiger partial charge in [-0.1, -0.05) is 20.8 Å². The molecule has 1 aliphatic heterocycles. The first-order chi connectivity index (χ1) is 15.7. The van der Waals surface area contributed by atoms with E-state index in [9.17, 15) is 20.2 Å². The van der Waals surface area contributed by atoms with Crippen molar-refractivity contribution in [3.63, 3.8) is 0 Å². The van der Waals surface area contributed by atoms with E-state index in [0.717, 1.165) is 21.2 Å². The monoisotopic (exact) mass is 480 g/mol. The molecule has 0 spiro atoms. The third kappa shape index (κ3) is 4.05. The highest BCUT2D eigenvalue weighted by Gasteiger charge is 2.45. The fraction of sp³-hybridized carbons (Fsp3) is 0.333. The van der Waals surface area contributed by atoms with Crippen LogP contribution in [0.1, 0.15) is 45.1 Å². The van der Waals surface area contributed by atoms with Crippen molar-refractivity contribution in [1.29, 1.82) is 5.26 Å². The number of allylic oxidation sites excluding steroid dienone is 3. The number of rotatable bonds is 5. The molecule has 1 aliphatic carbocycles. The van der Waals surface area contributed by atoms with Crippen LogP contribution >= 0.6 is 23.1 Å². The van der Waals surface area contributed by atoms with Gasteiger partial charge in [0.1, 0.15) is 5.82 Å². The van der Waals surface area contributed by atoms with Gasteiger partial charge in [0.25, 0.3) is 5.69 Å². The maximum absolute atomic E-state index is 13.6. The lowest BCUT2D eigenvalue weighted by atomic mass is 9.69. The molecule has 170 valence electrons. The summed E-state index contributed by atoms with van der Waals surface area (Å²) < 4.78 is 1.08. The molecule has 7 nitrogen and oxygen atoms in total. The predicted molar refractivity (Wildman–Crippen MR) is 131 cm³/mol. The van der Waals surface area contributed by atoms with Gasteiger partial charge in [0.15, 0.2) is 5.78 Å². The fourth-order valence-electron chi connectivity index (χ4n) is 4.61. The molecule has 1 aromatic carbocycles. The minimum absolute atomic E-state index is 0.0112. The van der Waals surface area contributed by atoms with Gasteiger partial charge >= 0.3 is 0 Å². The van der Waals surface area contributed by atoms with Crippen LogP contribution in [-0.4, -0.2) is 16.5 Å². The Morgan fingerprint density at radius 1 is 1.30 bits per heavy atom. The van der Waals surface area contributed by atoms with Crippen LogP contribution in [0.25, 0.3) is 0 Å². The van der Waals surface area contributed by atoms with Gasteiger partial charge in [0.05, 0.1) is 26.7 Å². The molecule has 0 radical (unpaired) electrons. The van der Waals surface area contributed by atoms with Gasteiger partial charge in [-0.2, -0.15) is 5.26 Å². The number of carbonyl (C=O) groups excluding carboxylic acids is 1. The predicted octanol–water partition coefficient (Wildman–Crippen LogP) is 5.71. The minimum atomic E-state index is -0.511. The Balaban J connectivity index is 1.96. The number of hydrogen-bond acceptors (Lipinski definition) is 8. The minimum Gasteiger partial charge on any atom is -0.384 e. The third-order valence-corrected chi connectivity index (χ3v) is 8.10. The van der Waals surface area contributed by atoms with Crippen molar-refractivity contribution >= 4 is 40.3 Å². The van der Waals surface area contributed by atoms with Crippen molar-refractivity contribution in [2.45, 2.75) is 43.7 Å². The number of hydrogen-bond donors (Lipinski definition) is 1. The molecule has 0 fully saturated rings. The average Bonchev–Trinajstić information content (AvgIpc) is 3.20. The Morgan fingerprint density at radius 2 is 2.00 bits per heavy atom. The van der Waals surface area contributed by atoms with E-state index < -0.39 is 10.8 Å². The van der Waals surface area contributed by atoms with Gasteiger partial charge in [-0.3, -0.25) is 19.8 Å². The molecule has 1 aromatic heterocycles. The van der Waals surface area contributed by atoms with Gasteiger partial charge in [0, 0.05) is 35.5 Å². The first-order valence-corrected chi connectivity index (χ1v) is 12.5. The second kappa shape index (κ2) is 8.69. The highest BCUT2D eigenvalue weighted by molar-refractivity contribution is 8.01. The van der Waals surface area contributed by atoms with E-state index in [1.54, 1.807) is 40.1 Å². The van der Waals surface area contributed by atoms with Crippen LogP contribution in [0.3, 0.4) is 0 Å². The summed E-state index contributed by atoms with van der Waals surface area (Å²) in [5, 5.41) is 23.3. The Morgan fingerprint density at radius 3 is 2.61 bits per heavy atom. The van der Waals surface area contributed by atoms with Gasteiger partial charge in [-0.25, -0.2) is 0 Å². The van der Waals surface area contributed by atoms with Gasteiger partial charge in [-0.15, -0.1) is 23.1 Å². The smallest absolute Gasteiger partial charge is 0.269 e. The number of nitro benzene ring substituents is 1. The first kappa shape index (κ1) is 23.1. The molecule has 0 unspecified atom stereocenters. The van der Waals surface area contributed by atoms with Crippen molar-refractivity contribution in [1.82, 2.24) is 0 Å². The summed E-state index contributed by atoms with van der Waals surface area (Å²) in [6, 6.07) is 10.3. The summed E-state index contributed by atoms with van der Waals surface area (Å²) in [4.78, 5) is 26.0. The number of carbonyl (C=O) groups is 1. The van der Waals surface area contributed by atoms with Crippen LogP contribution in [0.15, 0.2) is 62.6 Å². The maximum atomic E-state index is 13.6. The number of nitriles is 1. The SMILES string of the molecule is CCSc1sccc1[C@H]1C(C#N)=C(N)N(c2ccc([N+](=O)[O-])cc2)C2=C1C(=O)CC(C)(C)C2. The topological polar surface area (TPSA) is 113 Å². The van der Waals surface area contributed by atoms with Gasteiger partial charge < -0.3 is 5.73 Å². The quantitative estimate of drug-likeness (QED) is 0.331. The molecule has 9 heteroatoms. The molecule has 4 rings (SSSR count). The number of nitrogens with zero attached hydrogens (tertiary/aromatic N) is 3. The van der Waals surface area contributed by atoms with E-state index >= 15 is 0 Å². The summed E-state index contributed by atoms with van der Waals surface area (Å²) in [5.41, 5.74) is 9.55. The highest BCUT2D eigenvalue weighted by atomic mass is 32.2. The molecule has 1 atom stereocenters. The summed E-state index contributed by atoms with van der Waals surface area (Å²) >= 11 is 3.29. The summed E-state index contributed by atoms with van der Waals surface area (Å²) in [6.07, 6.45) is 0.983. The molecule has 33 heavy (non-hydrogen) atoms. The number of benzene rings is 1. The molecule has 0 saturated carbocycles. The van der Waals surface area contributed by atoms with Crippen molar-refractivity contribution in [3.8, 4) is 6.07 Å². The molecule has 2 aliphatic rings. The van der Waals surface area contributed by atoms with E-state index in [-0.39, 0.29) is 22.7 Å². The van der Waals surface area contributed by atoms with Crippen molar-refractivity contribution in [2.24, 2.45) is 11.1 Å². The van der Waals surface area contributed by atoms with E-state index in [1.165, 1.54) is 12.1 Å². The lowest BCUT2D eigenvalue weighted by Crippen LogP contribution is -2.42. The van der Waals surface area contributed by atoms with Crippen LogP contribution in [0.5, 0.6) is 0 Å². The number of non-ortho nitro benzene ring substituents is 1. The Kier molecular flexibility index (Phi) is 6.08. The van der Waals surface area contributed by atoms with E-state index in [4.69, 9.17) is 5.73 Å². The maximum Gasteiger partial charge on any atom is 0.269 e. The van der Waals surface area contributed by atoms with Gasteiger partial charge in [-0.05, 0) is 46.7 Å². The number of ketones is 1. The van der Waals surface area contributed by atoms with Crippen molar-refractivity contribution in [3.05, 3.63) is 74.1 Å². The number of anilines is 1. The number of Topliss-reactive ketones (excluding diaryl/α,β-unsaturated/α-hetero) is 1. The van der Waals surface area contributed by atoms with Crippen LogP contribution in [0.2, 0.25) is 0 Å². The summed E-state index contributed by atoms with van der Waals surface area (Å²) in [5.74, 6) is 0.642. The number of thioether (sulfide) groups is 1. The molecular formula is C24H24N4O3S2. The molecular weight excluding hydrogens is 456 g/mol. The van der Waals surface area contributed by atoms with Crippen molar-refractivity contribution in [2.75, 3.05) is 10.7 Å². The van der Waals surface area contributed by atoms with Crippen LogP contribution < -0.4 is 10.6 Å². The van der Waals surface area contributed by atoms with E-state index in [0.29, 0.717) is 29.7 Å². The van der Waals surface area contributed by atoms with Crippen LogP contribution in [-0.2, 0) is 4.79 Å². The zero-order valence-corrected chi connectivity index (χ0v) is 20.3. The zero-order chi connectivity index (χ0) is 23.9. The normalized spacial score (nSPS) is 20.0. The zero-order valence-electron chi connectivity index (χ0n) is 18.6. The summed E-state index contributed by atoms with van der Waals surface area (Å²) in [6.45, 7) is 6.15. The van der Waals surface area contributed by atoms with Crippen LogP contribution in [0.4, 0.5) is 11.4 Å². The number of nitrogens with two attached hydrogens (primary N) is 1. The first-order valence-electron chi connectivity index (χ1n) is 10.6. The number of nitro groups is 1. The number of thiophene rings is 1. The molecule has 0 saturated heterocycles.